The zero-order chi connectivity index (χ0) is 22.5. The van der Waals surface area contributed by atoms with Gasteiger partial charge in [-0.05, 0) is 47.2 Å². The van der Waals surface area contributed by atoms with Gasteiger partial charge in [-0.2, -0.15) is 0 Å². The Kier molecular flexibility index (Phi) is 7.22. The first-order chi connectivity index (χ1) is 14.8. The van der Waals surface area contributed by atoms with Crippen molar-refractivity contribution in [3.05, 3.63) is 53.6 Å². The Morgan fingerprint density at radius 1 is 1.06 bits per heavy atom. The second kappa shape index (κ2) is 9.87. The fourth-order valence-electron chi connectivity index (χ4n) is 3.31. The van der Waals surface area contributed by atoms with Gasteiger partial charge in [0.05, 0.1) is 12.9 Å². The predicted octanol–water partition coefficient (Wildman–Crippen LogP) is 4.65. The van der Waals surface area contributed by atoms with Gasteiger partial charge < -0.3 is 15.9 Å². The van der Waals surface area contributed by atoms with Crippen molar-refractivity contribution in [1.29, 1.82) is 0 Å². The second-order valence-corrected chi connectivity index (χ2v) is 8.80. The third-order valence-electron chi connectivity index (χ3n) is 4.98. The number of anilines is 1. The Labute approximate surface area is 187 Å². The predicted molar refractivity (Wildman–Crippen MR) is 126 cm³/mol. The van der Waals surface area contributed by atoms with Crippen LogP contribution in [-0.4, -0.2) is 33.6 Å². The minimum atomic E-state index is -0.103. The smallest absolute Gasteiger partial charge is 0.234 e. The number of nitrogens with one attached hydrogen (secondary N) is 1. The molecule has 2 aromatic carbocycles. The molecule has 0 bridgehead atoms. The van der Waals surface area contributed by atoms with Crippen molar-refractivity contribution in [2.75, 3.05) is 24.0 Å². The third-order valence-corrected chi connectivity index (χ3v) is 5.93. The number of carbonyl (C=O) groups is 1. The number of hydrogen-bond acceptors (Lipinski definition) is 6. The number of hydrogen-bond donors (Lipinski definition) is 2. The molecule has 1 heterocycles. The van der Waals surface area contributed by atoms with Crippen molar-refractivity contribution >= 4 is 23.4 Å². The minimum Gasteiger partial charge on any atom is -0.497 e. The zero-order valence-electron chi connectivity index (χ0n) is 18.5. The van der Waals surface area contributed by atoms with E-state index in [-0.39, 0.29) is 11.7 Å². The minimum absolute atomic E-state index is 0.103. The molecule has 0 atom stereocenters. The van der Waals surface area contributed by atoms with Gasteiger partial charge in [0.15, 0.2) is 5.82 Å². The SMILES string of the molecule is COc1ccc(-c2nnc(SCC(=O)Nc3c(C(C)C)cccc3C(C)C)n2N)cc1. The molecule has 1 aromatic heterocycles. The standard InChI is InChI=1S/C23H29N5O2S/c1-14(2)18-7-6-8-19(15(3)4)21(18)25-20(29)13-31-23-27-26-22(28(23)24)16-9-11-17(30-5)12-10-16/h6-12,14-15H,13,24H2,1-5H3,(H,25,29). The Bertz CT molecular complexity index is 1020. The summed E-state index contributed by atoms with van der Waals surface area (Å²) in [6.45, 7) is 8.51. The summed E-state index contributed by atoms with van der Waals surface area (Å²) in [5.74, 6) is 8.15. The van der Waals surface area contributed by atoms with Crippen LogP contribution >= 0.6 is 11.8 Å². The highest BCUT2D eigenvalue weighted by Crippen LogP contribution is 2.32. The maximum atomic E-state index is 12.7. The summed E-state index contributed by atoms with van der Waals surface area (Å²) in [5.41, 5.74) is 3.99. The molecule has 8 heteroatoms. The van der Waals surface area contributed by atoms with Gasteiger partial charge in [-0.15, -0.1) is 10.2 Å². The summed E-state index contributed by atoms with van der Waals surface area (Å²) >= 11 is 1.25. The summed E-state index contributed by atoms with van der Waals surface area (Å²) < 4.78 is 6.58. The summed E-state index contributed by atoms with van der Waals surface area (Å²) in [5, 5.41) is 11.9. The molecule has 7 nitrogen and oxygen atoms in total. The van der Waals surface area contributed by atoms with Crippen LogP contribution in [0.1, 0.15) is 50.7 Å². The zero-order valence-corrected chi connectivity index (χ0v) is 19.4. The fourth-order valence-corrected chi connectivity index (χ4v) is 3.97. The van der Waals surface area contributed by atoms with E-state index in [2.05, 4.69) is 55.3 Å². The molecule has 0 aliphatic rings. The van der Waals surface area contributed by atoms with Gasteiger partial charge in [0.1, 0.15) is 5.75 Å². The lowest BCUT2D eigenvalue weighted by atomic mass is 9.92. The van der Waals surface area contributed by atoms with Crippen molar-refractivity contribution in [3.63, 3.8) is 0 Å². The molecule has 0 radical (unpaired) electrons. The molecule has 0 fully saturated rings. The first-order valence-electron chi connectivity index (χ1n) is 10.2. The van der Waals surface area contributed by atoms with E-state index in [4.69, 9.17) is 10.6 Å². The summed E-state index contributed by atoms with van der Waals surface area (Å²) in [4.78, 5) is 12.7. The van der Waals surface area contributed by atoms with E-state index >= 15 is 0 Å². The van der Waals surface area contributed by atoms with Gasteiger partial charge in [0.2, 0.25) is 11.1 Å². The van der Waals surface area contributed by atoms with E-state index in [1.165, 1.54) is 16.4 Å². The lowest BCUT2D eigenvalue weighted by Gasteiger charge is -2.20. The molecule has 164 valence electrons. The molecule has 3 aromatic rings. The maximum Gasteiger partial charge on any atom is 0.234 e. The van der Waals surface area contributed by atoms with Gasteiger partial charge in [0, 0.05) is 11.3 Å². The molecule has 31 heavy (non-hydrogen) atoms. The Balaban J connectivity index is 1.72. The van der Waals surface area contributed by atoms with Gasteiger partial charge in [0.25, 0.3) is 0 Å². The number of ether oxygens (including phenoxy) is 1. The average molecular weight is 440 g/mol. The lowest BCUT2D eigenvalue weighted by molar-refractivity contribution is -0.113. The number of nitrogens with two attached hydrogens (primary N) is 1. The van der Waals surface area contributed by atoms with Crippen LogP contribution in [-0.2, 0) is 4.79 Å². The molecule has 0 aliphatic heterocycles. The number of benzene rings is 2. The topological polar surface area (TPSA) is 95.1 Å². The Hall–Kier alpha value is -3.00. The molecule has 3 N–H and O–H groups in total. The van der Waals surface area contributed by atoms with E-state index in [0.717, 1.165) is 28.1 Å². The van der Waals surface area contributed by atoms with Crippen LogP contribution in [0.4, 0.5) is 5.69 Å². The summed E-state index contributed by atoms with van der Waals surface area (Å²) in [7, 11) is 1.61. The van der Waals surface area contributed by atoms with Gasteiger partial charge in [-0.1, -0.05) is 57.7 Å². The second-order valence-electron chi connectivity index (χ2n) is 7.86. The monoisotopic (exact) mass is 439 g/mol. The van der Waals surface area contributed by atoms with Gasteiger partial charge in [-0.3, -0.25) is 4.79 Å². The largest absolute Gasteiger partial charge is 0.497 e. The molecule has 3 rings (SSSR count). The number of para-hydroxylation sites is 1. The highest BCUT2D eigenvalue weighted by molar-refractivity contribution is 7.99. The van der Waals surface area contributed by atoms with Crippen LogP contribution in [0, 0.1) is 0 Å². The number of carbonyl (C=O) groups excluding carboxylic acids is 1. The van der Waals surface area contributed by atoms with Crippen LogP contribution < -0.4 is 15.9 Å². The highest BCUT2D eigenvalue weighted by Gasteiger charge is 2.18. The Morgan fingerprint density at radius 2 is 1.68 bits per heavy atom. The number of methoxy groups -OCH3 is 1. The van der Waals surface area contributed by atoms with Crippen LogP contribution in [0.3, 0.4) is 0 Å². The molecule has 1 amide bonds. The van der Waals surface area contributed by atoms with Crippen LogP contribution in [0.2, 0.25) is 0 Å². The first kappa shape index (κ1) is 22.7. The van der Waals surface area contributed by atoms with E-state index in [1.54, 1.807) is 7.11 Å². The van der Waals surface area contributed by atoms with Gasteiger partial charge >= 0.3 is 0 Å². The molecular weight excluding hydrogens is 410 g/mol. The average Bonchev–Trinajstić information content (AvgIpc) is 3.12. The van der Waals surface area contributed by atoms with Crippen LogP contribution in [0.15, 0.2) is 47.6 Å². The molecule has 0 spiro atoms. The van der Waals surface area contributed by atoms with Gasteiger partial charge in [-0.25, -0.2) is 4.68 Å². The molecule has 0 saturated heterocycles. The third kappa shape index (κ3) is 5.19. The number of nitrogens with zero attached hydrogens (tertiary/aromatic N) is 3. The summed E-state index contributed by atoms with van der Waals surface area (Å²) in [6.07, 6.45) is 0. The highest BCUT2D eigenvalue weighted by atomic mass is 32.2. The van der Waals surface area contributed by atoms with E-state index < -0.39 is 0 Å². The van der Waals surface area contributed by atoms with Crippen molar-refractivity contribution in [2.45, 2.75) is 44.7 Å². The number of amides is 1. The van der Waals surface area contributed by atoms with E-state index in [1.807, 2.05) is 30.3 Å². The quantitative estimate of drug-likeness (QED) is 0.392. The normalized spacial score (nSPS) is 11.2. The van der Waals surface area contributed by atoms with E-state index in [0.29, 0.717) is 22.8 Å². The number of nitrogen functional groups attached to an aromatic ring is 1. The number of aromatic nitrogens is 3. The molecule has 0 aliphatic carbocycles. The number of rotatable bonds is 8. The van der Waals surface area contributed by atoms with E-state index in [9.17, 15) is 4.79 Å². The van der Waals surface area contributed by atoms with Crippen molar-refractivity contribution in [2.24, 2.45) is 0 Å². The van der Waals surface area contributed by atoms with Crippen molar-refractivity contribution in [3.8, 4) is 17.1 Å². The number of thioether (sulfide) groups is 1. The maximum absolute atomic E-state index is 12.7. The molecule has 0 saturated carbocycles. The first-order valence-corrected chi connectivity index (χ1v) is 11.2. The van der Waals surface area contributed by atoms with Crippen LogP contribution in [0.25, 0.3) is 11.4 Å². The Morgan fingerprint density at radius 3 is 2.23 bits per heavy atom. The molecular formula is C23H29N5O2S. The van der Waals surface area contributed by atoms with Crippen molar-refractivity contribution in [1.82, 2.24) is 14.9 Å². The van der Waals surface area contributed by atoms with Crippen LogP contribution in [0.5, 0.6) is 5.75 Å². The lowest BCUT2D eigenvalue weighted by Crippen LogP contribution is -2.19. The molecule has 0 unspecified atom stereocenters. The summed E-state index contributed by atoms with van der Waals surface area (Å²) in [6, 6.07) is 13.6. The van der Waals surface area contributed by atoms with Crippen molar-refractivity contribution < 1.29 is 9.53 Å². The fraction of sp³-hybridized carbons (Fsp3) is 0.348.